The molecule has 14 heavy (non-hydrogen) atoms. The first-order valence-electron chi connectivity index (χ1n) is 3.85. The van der Waals surface area contributed by atoms with Crippen molar-refractivity contribution in [1.82, 2.24) is 0 Å². The lowest BCUT2D eigenvalue weighted by Crippen LogP contribution is -2.05. The van der Waals surface area contributed by atoms with E-state index < -0.39 is 5.91 Å². The van der Waals surface area contributed by atoms with Crippen molar-refractivity contribution in [2.75, 3.05) is 0 Å². The van der Waals surface area contributed by atoms with E-state index in [4.69, 9.17) is 11.3 Å². The van der Waals surface area contributed by atoms with Gasteiger partial charge in [0.05, 0.1) is 0 Å². The van der Waals surface area contributed by atoms with Gasteiger partial charge in [-0.15, -0.1) is 0 Å². The highest BCUT2D eigenvalue weighted by Gasteiger charge is 1.94. The van der Waals surface area contributed by atoms with Crippen LogP contribution >= 0.6 is 0 Å². The molecule has 5 heteroatoms. The van der Waals surface area contributed by atoms with E-state index in [1.54, 1.807) is 24.3 Å². The van der Waals surface area contributed by atoms with Gasteiger partial charge >= 0.3 is 0 Å². The Hall–Kier alpha value is -2.26. The molecule has 0 radical (unpaired) electrons. The molecule has 5 nitrogen and oxygen atoms in total. The second-order valence-corrected chi connectivity index (χ2v) is 2.48. The van der Waals surface area contributed by atoms with Crippen molar-refractivity contribution >= 4 is 17.7 Å². The molecule has 0 saturated carbocycles. The quantitative estimate of drug-likeness (QED) is 0.334. The molecular weight excluding hydrogens is 180 g/mol. The van der Waals surface area contributed by atoms with Gasteiger partial charge in [0.1, 0.15) is 0 Å². The maximum Gasteiger partial charge on any atom is 0.241 e. The van der Waals surface area contributed by atoms with Crippen LogP contribution in [0, 0.1) is 0 Å². The predicted molar refractivity (Wildman–Crippen MR) is 53.5 cm³/mol. The van der Waals surface area contributed by atoms with Gasteiger partial charge in [0.15, 0.2) is 0 Å². The van der Waals surface area contributed by atoms with Crippen LogP contribution in [0.4, 0.5) is 5.69 Å². The molecule has 1 amide bonds. The smallest absolute Gasteiger partial charge is 0.241 e. The maximum absolute atomic E-state index is 10.5. The Labute approximate surface area is 80.5 Å². The summed E-state index contributed by atoms with van der Waals surface area (Å²) in [5, 5.41) is 3.46. The number of rotatable bonds is 3. The molecule has 0 bridgehead atoms. The van der Waals surface area contributed by atoms with Gasteiger partial charge < -0.3 is 5.73 Å². The lowest BCUT2D eigenvalue weighted by atomic mass is 10.1. The number of benzene rings is 1. The molecule has 0 aliphatic heterocycles. The Morgan fingerprint density at radius 3 is 2.86 bits per heavy atom. The first-order valence-corrected chi connectivity index (χ1v) is 3.85. The third kappa shape index (κ3) is 2.66. The fourth-order valence-corrected chi connectivity index (χ4v) is 0.940. The summed E-state index contributed by atoms with van der Waals surface area (Å²) in [6.07, 6.45) is 2.72. The van der Waals surface area contributed by atoms with E-state index in [9.17, 15) is 4.79 Å². The predicted octanol–water partition coefficient (Wildman–Crippen LogP) is 2.13. The summed E-state index contributed by atoms with van der Waals surface area (Å²) in [6, 6.07) is 6.90. The van der Waals surface area contributed by atoms with Crippen LogP contribution in [0.1, 0.15) is 5.56 Å². The van der Waals surface area contributed by atoms with Crippen LogP contribution in [0.15, 0.2) is 35.5 Å². The number of hydrogen-bond acceptors (Lipinski definition) is 2. The number of hydrogen-bond donors (Lipinski definition) is 1. The van der Waals surface area contributed by atoms with Gasteiger partial charge in [-0.2, -0.15) is 0 Å². The summed E-state index contributed by atoms with van der Waals surface area (Å²) in [4.78, 5) is 13.1. The molecule has 0 atom stereocenters. The largest absolute Gasteiger partial charge is 0.366 e. The minimum absolute atomic E-state index is 0.465. The van der Waals surface area contributed by atoms with Crippen LogP contribution < -0.4 is 5.73 Å². The van der Waals surface area contributed by atoms with E-state index >= 15 is 0 Å². The Bertz CT molecular complexity index is 419. The second-order valence-electron chi connectivity index (χ2n) is 2.48. The maximum atomic E-state index is 10.5. The molecule has 1 aromatic rings. The van der Waals surface area contributed by atoms with Crippen LogP contribution in [0.5, 0.6) is 0 Å². The monoisotopic (exact) mass is 188 g/mol. The second kappa shape index (κ2) is 4.69. The molecule has 0 spiro atoms. The summed E-state index contributed by atoms with van der Waals surface area (Å²) in [7, 11) is 0. The molecular formula is C9H8N4O. The van der Waals surface area contributed by atoms with Crippen molar-refractivity contribution in [3.8, 4) is 0 Å². The Balaban J connectivity index is 3.07. The summed E-state index contributed by atoms with van der Waals surface area (Å²) >= 11 is 0. The molecule has 0 unspecified atom stereocenters. The first kappa shape index (κ1) is 9.83. The van der Waals surface area contributed by atoms with E-state index in [0.717, 1.165) is 0 Å². The Kier molecular flexibility index (Phi) is 3.29. The molecule has 0 aliphatic rings. The van der Waals surface area contributed by atoms with Gasteiger partial charge in [-0.05, 0) is 17.2 Å². The number of amides is 1. The summed E-state index contributed by atoms with van der Waals surface area (Å²) in [5.74, 6) is -0.541. The van der Waals surface area contributed by atoms with Crippen LogP contribution in [0.3, 0.4) is 0 Å². The number of carbonyl (C=O) groups excluding carboxylic acids is 1. The normalized spacial score (nSPS) is 9.71. The van der Waals surface area contributed by atoms with Gasteiger partial charge in [0.25, 0.3) is 0 Å². The van der Waals surface area contributed by atoms with Gasteiger partial charge in [-0.1, -0.05) is 29.4 Å². The number of primary amides is 1. The van der Waals surface area contributed by atoms with Gasteiger partial charge in [-0.3, -0.25) is 4.79 Å². The minimum Gasteiger partial charge on any atom is -0.366 e. The molecule has 0 fully saturated rings. The van der Waals surface area contributed by atoms with E-state index in [-0.39, 0.29) is 0 Å². The Morgan fingerprint density at radius 2 is 2.21 bits per heavy atom. The minimum atomic E-state index is -0.541. The van der Waals surface area contributed by atoms with E-state index in [2.05, 4.69) is 10.0 Å². The first-order chi connectivity index (χ1) is 6.74. The third-order valence-corrected chi connectivity index (χ3v) is 1.52. The summed E-state index contributed by atoms with van der Waals surface area (Å²) in [6.45, 7) is 0. The molecule has 0 aliphatic carbocycles. The molecule has 0 heterocycles. The number of azide groups is 1. The summed E-state index contributed by atoms with van der Waals surface area (Å²) < 4.78 is 0. The van der Waals surface area contributed by atoms with Gasteiger partial charge in [-0.25, -0.2) is 0 Å². The van der Waals surface area contributed by atoms with Crippen molar-refractivity contribution in [1.29, 1.82) is 0 Å². The van der Waals surface area contributed by atoms with Crippen molar-refractivity contribution in [2.45, 2.75) is 0 Å². The highest BCUT2D eigenvalue weighted by atomic mass is 16.1. The SMILES string of the molecule is [N-]=[N+]=Nc1ccccc1C=CC(N)=O. The van der Waals surface area contributed by atoms with E-state index in [0.29, 0.717) is 11.3 Å². The average molecular weight is 188 g/mol. The van der Waals surface area contributed by atoms with Crippen molar-refractivity contribution in [3.05, 3.63) is 46.3 Å². The lowest BCUT2D eigenvalue weighted by molar-refractivity contribution is -0.113. The number of nitrogens with zero attached hydrogens (tertiary/aromatic N) is 3. The number of carbonyl (C=O) groups is 1. The average Bonchev–Trinajstić information content (AvgIpc) is 2.17. The highest BCUT2D eigenvalue weighted by molar-refractivity contribution is 5.91. The third-order valence-electron chi connectivity index (χ3n) is 1.52. The van der Waals surface area contributed by atoms with Gasteiger partial charge in [0.2, 0.25) is 5.91 Å². The summed E-state index contributed by atoms with van der Waals surface area (Å²) in [5.41, 5.74) is 14.3. The van der Waals surface area contributed by atoms with Crippen molar-refractivity contribution in [2.24, 2.45) is 10.8 Å². The molecule has 1 rings (SSSR count). The zero-order valence-electron chi connectivity index (χ0n) is 7.29. The van der Waals surface area contributed by atoms with Crippen LogP contribution in [0.2, 0.25) is 0 Å². The standard InChI is InChI=1S/C9H8N4O/c10-9(14)6-5-7-3-1-2-4-8(7)12-13-11/h1-6H,(H2,10,14). The lowest BCUT2D eigenvalue weighted by Gasteiger charge is -1.96. The van der Waals surface area contributed by atoms with Crippen molar-refractivity contribution in [3.63, 3.8) is 0 Å². The zero-order chi connectivity index (χ0) is 10.4. The molecule has 70 valence electrons. The molecule has 0 aromatic heterocycles. The number of nitrogens with two attached hydrogens (primary N) is 1. The highest BCUT2D eigenvalue weighted by Crippen LogP contribution is 2.19. The van der Waals surface area contributed by atoms with Crippen LogP contribution in [0.25, 0.3) is 16.5 Å². The molecule has 0 saturated heterocycles. The fraction of sp³-hybridized carbons (Fsp3) is 0. The van der Waals surface area contributed by atoms with Crippen LogP contribution in [-0.4, -0.2) is 5.91 Å². The van der Waals surface area contributed by atoms with Crippen molar-refractivity contribution < 1.29 is 4.79 Å². The van der Waals surface area contributed by atoms with E-state index in [1.165, 1.54) is 12.2 Å². The van der Waals surface area contributed by atoms with Gasteiger partial charge in [0, 0.05) is 16.7 Å². The Morgan fingerprint density at radius 1 is 1.50 bits per heavy atom. The molecule has 2 N–H and O–H groups in total. The van der Waals surface area contributed by atoms with Crippen LogP contribution in [-0.2, 0) is 4.79 Å². The zero-order valence-corrected chi connectivity index (χ0v) is 7.29. The fourth-order valence-electron chi connectivity index (χ4n) is 0.940. The topological polar surface area (TPSA) is 91.8 Å². The molecule has 1 aromatic carbocycles. The van der Waals surface area contributed by atoms with E-state index in [1.807, 2.05) is 0 Å².